The molecule has 0 aliphatic carbocycles. The topological polar surface area (TPSA) is 150 Å². The summed E-state index contributed by atoms with van der Waals surface area (Å²) < 4.78 is 51.4. The zero-order valence-corrected chi connectivity index (χ0v) is 33.7. The average molecular weight is 754 g/mol. The average Bonchev–Trinajstić information content (AvgIpc) is 3.12. The summed E-state index contributed by atoms with van der Waals surface area (Å²) in [5, 5.41) is 23.0. The normalized spacial score (nSPS) is 39.3. The van der Waals surface area contributed by atoms with Crippen LogP contribution in [-0.4, -0.2) is 121 Å². The van der Waals surface area contributed by atoms with E-state index in [9.17, 15) is 29.0 Å². The number of ketones is 1. The number of esters is 2. The monoisotopic (exact) mass is 753 g/mol. The van der Waals surface area contributed by atoms with Crippen LogP contribution in [-0.2, 0) is 49.2 Å². The van der Waals surface area contributed by atoms with Gasteiger partial charge in [0.05, 0.1) is 36.3 Å². The third kappa shape index (κ3) is 10.4. The molecule has 1 unspecified atom stereocenters. The van der Waals surface area contributed by atoms with Crippen molar-refractivity contribution in [3.05, 3.63) is 35.6 Å². The second-order valence-electron chi connectivity index (χ2n) is 15.7. The Bertz CT molecular complexity index is 1360. The lowest BCUT2D eigenvalue weighted by molar-refractivity contribution is -0.305. The SMILES string of the molecule is CC[C@H]1OC(=O)[C@H](C)[C@@H](OC(=O)Cc2ccc(F)cc2)[C@H](C)[C@@H](OC2O[C@@H](C)C[C@@H](N(C)CC)[C@@H]2OC)[C@](C)(OC)C[C@@H](C)C(=O)[C@@H](C)[C@@H](O)[C@]1(C)O. The van der Waals surface area contributed by atoms with Gasteiger partial charge in [-0.3, -0.25) is 14.4 Å². The predicted molar refractivity (Wildman–Crippen MR) is 195 cm³/mol. The van der Waals surface area contributed by atoms with E-state index < -0.39 is 89.4 Å². The van der Waals surface area contributed by atoms with Gasteiger partial charge in [0.25, 0.3) is 0 Å². The number of rotatable bonds is 10. The number of ether oxygens (including phenoxy) is 6. The molecule has 2 aliphatic rings. The molecule has 0 radical (unpaired) electrons. The molecular formula is C40H64FNO11. The maximum Gasteiger partial charge on any atom is 0.312 e. The van der Waals surface area contributed by atoms with Crippen molar-refractivity contribution in [1.82, 2.24) is 4.90 Å². The minimum atomic E-state index is -1.99. The van der Waals surface area contributed by atoms with Crippen LogP contribution in [0.15, 0.2) is 24.3 Å². The summed E-state index contributed by atoms with van der Waals surface area (Å²) in [4.78, 5) is 43.9. The maximum absolute atomic E-state index is 14.1. The zero-order chi connectivity index (χ0) is 40.0. The molecule has 13 heteroatoms. The van der Waals surface area contributed by atoms with Gasteiger partial charge in [-0.05, 0) is 78.2 Å². The molecule has 1 aromatic carbocycles. The van der Waals surface area contributed by atoms with Crippen LogP contribution in [0.4, 0.5) is 4.39 Å². The number of carbonyl (C=O) groups excluding carboxylic acids is 3. The van der Waals surface area contributed by atoms with Crippen molar-refractivity contribution in [2.24, 2.45) is 23.7 Å². The van der Waals surface area contributed by atoms with E-state index in [1.165, 1.54) is 38.3 Å². The predicted octanol–water partition coefficient (Wildman–Crippen LogP) is 4.49. The molecule has 302 valence electrons. The first kappa shape index (κ1) is 44.9. The molecule has 2 heterocycles. The van der Waals surface area contributed by atoms with Crippen LogP contribution in [0.2, 0.25) is 0 Å². The summed E-state index contributed by atoms with van der Waals surface area (Å²) >= 11 is 0. The van der Waals surface area contributed by atoms with E-state index in [0.717, 1.165) is 6.54 Å². The fourth-order valence-corrected chi connectivity index (χ4v) is 8.15. The summed E-state index contributed by atoms with van der Waals surface area (Å²) in [5.74, 6) is -5.90. The van der Waals surface area contributed by atoms with Gasteiger partial charge < -0.3 is 43.5 Å². The lowest BCUT2D eigenvalue weighted by Crippen LogP contribution is -2.61. The van der Waals surface area contributed by atoms with E-state index in [1.807, 2.05) is 14.0 Å². The molecule has 0 amide bonds. The van der Waals surface area contributed by atoms with E-state index >= 15 is 0 Å². The highest BCUT2D eigenvalue weighted by atomic mass is 19.1. The number of carbonyl (C=O) groups is 3. The smallest absolute Gasteiger partial charge is 0.312 e. The Balaban J connectivity index is 2.21. The van der Waals surface area contributed by atoms with Crippen molar-refractivity contribution < 1.29 is 57.4 Å². The summed E-state index contributed by atoms with van der Waals surface area (Å²) in [6, 6.07) is 5.38. The number of halogens is 1. The third-order valence-corrected chi connectivity index (χ3v) is 11.7. The van der Waals surface area contributed by atoms with E-state index in [4.69, 9.17) is 28.4 Å². The van der Waals surface area contributed by atoms with Gasteiger partial charge in [-0.25, -0.2) is 4.39 Å². The van der Waals surface area contributed by atoms with Crippen molar-refractivity contribution in [2.75, 3.05) is 27.8 Å². The first-order valence-electron chi connectivity index (χ1n) is 18.9. The molecule has 1 aromatic rings. The van der Waals surface area contributed by atoms with Gasteiger partial charge in [-0.2, -0.15) is 0 Å². The van der Waals surface area contributed by atoms with E-state index in [-0.39, 0.29) is 37.2 Å². The highest BCUT2D eigenvalue weighted by molar-refractivity contribution is 5.83. The quantitative estimate of drug-likeness (QED) is 0.324. The summed E-state index contributed by atoms with van der Waals surface area (Å²) in [5.41, 5.74) is -2.76. The van der Waals surface area contributed by atoms with Gasteiger partial charge in [-0.1, -0.05) is 46.8 Å². The van der Waals surface area contributed by atoms with Crippen LogP contribution < -0.4 is 0 Å². The molecule has 12 nitrogen and oxygen atoms in total. The number of hydrogen-bond donors (Lipinski definition) is 2. The van der Waals surface area contributed by atoms with E-state index in [0.29, 0.717) is 12.0 Å². The second kappa shape index (κ2) is 18.9. The minimum absolute atomic E-state index is 0.0683. The molecular weight excluding hydrogens is 689 g/mol. The Morgan fingerprint density at radius 3 is 2.19 bits per heavy atom. The Morgan fingerprint density at radius 2 is 1.64 bits per heavy atom. The van der Waals surface area contributed by atoms with Gasteiger partial charge in [0.2, 0.25) is 0 Å². The van der Waals surface area contributed by atoms with Crippen LogP contribution in [0, 0.1) is 29.5 Å². The number of nitrogens with zero attached hydrogens (tertiary/aromatic N) is 1. The standard InChI is InChI=1S/C40H64FNO11/c1-13-30-40(9,47)35(45)24(5)32(44)22(3)21-39(8,49-12)36(53-38-34(48-11)29(42(10)14-2)19-23(4)50-38)25(6)33(26(7)37(46)51-30)52-31(43)20-27-15-17-28(41)18-16-27/h15-18,22-26,29-30,33-36,38,45,47H,13-14,19-21H2,1-12H3/t22-,23+,24-,25+,26-,29-,30-,33+,34+,35-,36-,38?,39-,40-/m1/s1. The Hall–Kier alpha value is -2.52. The molecule has 0 bridgehead atoms. The molecule has 3 rings (SSSR count). The molecule has 2 saturated heterocycles. The second-order valence-corrected chi connectivity index (χ2v) is 15.7. The van der Waals surface area contributed by atoms with Gasteiger partial charge in [0, 0.05) is 38.0 Å². The number of likely N-dealkylation sites (N-methyl/N-ethyl adjacent to an activating group) is 1. The van der Waals surface area contributed by atoms with Crippen molar-refractivity contribution in [3.63, 3.8) is 0 Å². The summed E-state index contributed by atoms with van der Waals surface area (Å²) in [6.45, 7) is 16.2. The first-order valence-corrected chi connectivity index (χ1v) is 18.9. The lowest BCUT2D eigenvalue weighted by atomic mass is 9.74. The van der Waals surface area contributed by atoms with Crippen molar-refractivity contribution in [2.45, 2.75) is 148 Å². The number of methoxy groups -OCH3 is 2. The highest BCUT2D eigenvalue weighted by Crippen LogP contribution is 2.40. The Kier molecular flexibility index (Phi) is 16.0. The van der Waals surface area contributed by atoms with Crippen molar-refractivity contribution >= 4 is 17.7 Å². The molecule has 2 fully saturated rings. The van der Waals surface area contributed by atoms with Gasteiger partial charge in [-0.15, -0.1) is 0 Å². The molecule has 53 heavy (non-hydrogen) atoms. The zero-order valence-electron chi connectivity index (χ0n) is 33.7. The van der Waals surface area contributed by atoms with E-state index in [1.54, 1.807) is 48.7 Å². The number of aliphatic hydroxyl groups excluding tert-OH is 1. The lowest BCUT2D eigenvalue weighted by Gasteiger charge is -2.49. The number of cyclic esters (lactones) is 1. The molecule has 2 N–H and O–H groups in total. The maximum atomic E-state index is 14.1. The van der Waals surface area contributed by atoms with Crippen molar-refractivity contribution in [1.29, 1.82) is 0 Å². The van der Waals surface area contributed by atoms with Crippen LogP contribution in [0.5, 0.6) is 0 Å². The first-order chi connectivity index (χ1) is 24.8. The van der Waals surface area contributed by atoms with Gasteiger partial charge in [0.15, 0.2) is 6.29 Å². The summed E-state index contributed by atoms with van der Waals surface area (Å²) in [6.07, 6.45) is -5.92. The van der Waals surface area contributed by atoms with Gasteiger partial charge in [0.1, 0.15) is 35.5 Å². The molecule has 0 spiro atoms. The number of hydrogen-bond acceptors (Lipinski definition) is 12. The van der Waals surface area contributed by atoms with E-state index in [2.05, 4.69) is 11.8 Å². The van der Waals surface area contributed by atoms with Gasteiger partial charge >= 0.3 is 11.9 Å². The Labute approximate surface area is 315 Å². The minimum Gasteiger partial charge on any atom is -0.461 e. The Morgan fingerprint density at radius 1 is 1.02 bits per heavy atom. The highest BCUT2D eigenvalue weighted by Gasteiger charge is 2.53. The van der Waals surface area contributed by atoms with Crippen LogP contribution in [0.25, 0.3) is 0 Å². The molecule has 14 atom stereocenters. The summed E-state index contributed by atoms with van der Waals surface area (Å²) in [7, 11) is 5.09. The number of Topliss-reactive ketones (excluding diaryl/α,β-unsaturated/α-hetero) is 1. The fraction of sp³-hybridized carbons (Fsp3) is 0.775. The van der Waals surface area contributed by atoms with Crippen LogP contribution in [0.3, 0.4) is 0 Å². The third-order valence-electron chi connectivity index (χ3n) is 11.7. The number of benzene rings is 1. The molecule has 0 saturated carbocycles. The van der Waals surface area contributed by atoms with Crippen molar-refractivity contribution in [3.8, 4) is 0 Å². The molecule has 0 aromatic heterocycles. The van der Waals surface area contributed by atoms with Crippen LogP contribution >= 0.6 is 0 Å². The number of aliphatic hydroxyl groups is 2. The van der Waals surface area contributed by atoms with Crippen LogP contribution in [0.1, 0.15) is 87.1 Å². The molecule has 2 aliphatic heterocycles. The fourth-order valence-electron chi connectivity index (χ4n) is 8.15. The largest absolute Gasteiger partial charge is 0.461 e.